The number of carbonyl (C=O) groups is 2. The zero-order valence-electron chi connectivity index (χ0n) is 10.7. The summed E-state index contributed by atoms with van der Waals surface area (Å²) in [5.41, 5.74) is 0.876. The predicted octanol–water partition coefficient (Wildman–Crippen LogP) is 1.95. The van der Waals surface area contributed by atoms with Gasteiger partial charge in [0, 0.05) is 13.5 Å². The Morgan fingerprint density at radius 2 is 1.94 bits per heavy atom. The van der Waals surface area contributed by atoms with Crippen LogP contribution in [0, 0.1) is 0 Å². The second-order valence-corrected chi connectivity index (χ2v) is 4.47. The Morgan fingerprint density at radius 1 is 1.28 bits per heavy atom. The van der Waals surface area contributed by atoms with Crippen molar-refractivity contribution < 1.29 is 14.3 Å². The number of nitrogens with zero attached hydrogens (tertiary/aromatic N) is 1. The fourth-order valence-corrected chi connectivity index (χ4v) is 2.03. The van der Waals surface area contributed by atoms with Gasteiger partial charge in [-0.25, -0.2) is 0 Å². The molecule has 1 aliphatic heterocycles. The molecule has 18 heavy (non-hydrogen) atoms. The molecule has 1 atom stereocenters. The fourth-order valence-electron chi connectivity index (χ4n) is 2.03. The molecular weight excluding hydrogens is 230 g/mol. The first-order valence-corrected chi connectivity index (χ1v) is 6.16. The third kappa shape index (κ3) is 2.37. The molecule has 1 aliphatic rings. The van der Waals surface area contributed by atoms with Crippen LogP contribution < -0.4 is 4.74 Å². The summed E-state index contributed by atoms with van der Waals surface area (Å²) in [6.45, 7) is 2.73. The van der Waals surface area contributed by atoms with Crippen LogP contribution in [0.3, 0.4) is 0 Å². The molecule has 1 aromatic rings. The summed E-state index contributed by atoms with van der Waals surface area (Å²) < 4.78 is 5.48. The van der Waals surface area contributed by atoms with Crippen molar-refractivity contribution in [2.45, 2.75) is 25.7 Å². The highest BCUT2D eigenvalue weighted by atomic mass is 16.5. The van der Waals surface area contributed by atoms with Crippen molar-refractivity contribution in [3.8, 4) is 5.75 Å². The van der Waals surface area contributed by atoms with Crippen LogP contribution in [0.1, 0.15) is 31.2 Å². The molecule has 4 nitrogen and oxygen atoms in total. The van der Waals surface area contributed by atoms with E-state index in [9.17, 15) is 9.59 Å². The third-order valence-electron chi connectivity index (χ3n) is 3.14. The van der Waals surface area contributed by atoms with Crippen LogP contribution in [-0.4, -0.2) is 30.4 Å². The molecule has 0 aromatic heterocycles. The first kappa shape index (κ1) is 12.6. The highest BCUT2D eigenvalue weighted by molar-refractivity contribution is 6.05. The summed E-state index contributed by atoms with van der Waals surface area (Å²) in [5, 5.41) is 0. The highest BCUT2D eigenvalue weighted by Crippen LogP contribution is 2.29. The largest absolute Gasteiger partial charge is 0.494 e. The average Bonchev–Trinajstić information content (AvgIpc) is 2.65. The Balaban J connectivity index is 2.10. The SMILES string of the molecule is CCCOc1ccc([C@H]2CC(=O)N(C)C2=O)cc1. The Bertz CT molecular complexity index is 453. The number of imide groups is 1. The van der Waals surface area contributed by atoms with Gasteiger partial charge >= 0.3 is 0 Å². The maximum atomic E-state index is 11.8. The van der Waals surface area contributed by atoms with Gasteiger partial charge in [-0.3, -0.25) is 14.5 Å². The molecule has 0 radical (unpaired) electrons. The molecule has 96 valence electrons. The van der Waals surface area contributed by atoms with Crippen LogP contribution in [0.5, 0.6) is 5.75 Å². The van der Waals surface area contributed by atoms with Gasteiger partial charge in [0.05, 0.1) is 12.5 Å². The van der Waals surface area contributed by atoms with Gasteiger partial charge in [-0.15, -0.1) is 0 Å². The zero-order valence-corrected chi connectivity index (χ0v) is 10.7. The number of likely N-dealkylation sites (N-methyl/N-ethyl adjacent to an activating group) is 1. The summed E-state index contributed by atoms with van der Waals surface area (Å²) in [6.07, 6.45) is 1.23. The fraction of sp³-hybridized carbons (Fsp3) is 0.429. The van der Waals surface area contributed by atoms with Crippen molar-refractivity contribution in [3.63, 3.8) is 0 Å². The topological polar surface area (TPSA) is 46.6 Å². The van der Waals surface area contributed by atoms with E-state index in [0.29, 0.717) is 6.61 Å². The lowest BCUT2D eigenvalue weighted by Crippen LogP contribution is -2.25. The number of ether oxygens (including phenoxy) is 1. The van der Waals surface area contributed by atoms with Crippen LogP contribution >= 0.6 is 0 Å². The molecule has 0 bridgehead atoms. The standard InChI is InChI=1S/C14H17NO3/c1-3-8-18-11-6-4-10(5-7-11)12-9-13(16)15(2)14(12)17/h4-7,12H,3,8-9H2,1-2H3/t12-/m1/s1. The summed E-state index contributed by atoms with van der Waals surface area (Å²) in [6, 6.07) is 7.42. The molecule has 0 N–H and O–H groups in total. The summed E-state index contributed by atoms with van der Waals surface area (Å²) >= 11 is 0. The van der Waals surface area contributed by atoms with Crippen molar-refractivity contribution in [2.75, 3.05) is 13.7 Å². The van der Waals surface area contributed by atoms with E-state index in [2.05, 4.69) is 0 Å². The summed E-state index contributed by atoms with van der Waals surface area (Å²) in [4.78, 5) is 24.5. The molecule has 0 saturated carbocycles. The van der Waals surface area contributed by atoms with Crippen molar-refractivity contribution in [1.29, 1.82) is 0 Å². The number of benzene rings is 1. The Labute approximate surface area is 107 Å². The molecule has 4 heteroatoms. The van der Waals surface area contributed by atoms with Gasteiger partial charge in [-0.2, -0.15) is 0 Å². The van der Waals surface area contributed by atoms with Gasteiger partial charge in [-0.1, -0.05) is 19.1 Å². The van der Waals surface area contributed by atoms with E-state index < -0.39 is 0 Å². The van der Waals surface area contributed by atoms with Crippen LogP contribution in [-0.2, 0) is 9.59 Å². The van der Waals surface area contributed by atoms with Gasteiger partial charge in [0.15, 0.2) is 0 Å². The van der Waals surface area contributed by atoms with E-state index in [-0.39, 0.29) is 24.2 Å². The smallest absolute Gasteiger partial charge is 0.236 e. The van der Waals surface area contributed by atoms with Crippen LogP contribution in [0.4, 0.5) is 0 Å². The predicted molar refractivity (Wildman–Crippen MR) is 67.4 cm³/mol. The Kier molecular flexibility index (Phi) is 3.65. The number of carbonyl (C=O) groups excluding carboxylic acids is 2. The maximum Gasteiger partial charge on any atom is 0.236 e. The number of likely N-dealkylation sites (tertiary alicyclic amines) is 1. The van der Waals surface area contributed by atoms with Gasteiger partial charge in [0.1, 0.15) is 5.75 Å². The van der Waals surface area contributed by atoms with Crippen molar-refractivity contribution in [1.82, 2.24) is 4.90 Å². The van der Waals surface area contributed by atoms with E-state index in [1.54, 1.807) is 0 Å². The first-order chi connectivity index (χ1) is 8.63. The normalized spacial score (nSPS) is 19.4. The number of rotatable bonds is 4. The van der Waals surface area contributed by atoms with Gasteiger partial charge in [0.2, 0.25) is 11.8 Å². The minimum atomic E-state index is -0.331. The van der Waals surface area contributed by atoms with Gasteiger partial charge < -0.3 is 4.74 Å². The molecule has 1 fully saturated rings. The third-order valence-corrected chi connectivity index (χ3v) is 3.14. The number of amides is 2. The first-order valence-electron chi connectivity index (χ1n) is 6.16. The Morgan fingerprint density at radius 3 is 2.44 bits per heavy atom. The molecule has 2 amide bonds. The van der Waals surface area contributed by atoms with Crippen molar-refractivity contribution >= 4 is 11.8 Å². The second-order valence-electron chi connectivity index (χ2n) is 4.47. The zero-order chi connectivity index (χ0) is 13.1. The Hall–Kier alpha value is -1.84. The van der Waals surface area contributed by atoms with E-state index in [0.717, 1.165) is 17.7 Å². The molecule has 0 unspecified atom stereocenters. The lowest BCUT2D eigenvalue weighted by atomic mass is 9.97. The summed E-state index contributed by atoms with van der Waals surface area (Å²) in [7, 11) is 1.53. The van der Waals surface area contributed by atoms with Gasteiger partial charge in [0.25, 0.3) is 0 Å². The molecule has 2 rings (SSSR count). The molecule has 0 spiro atoms. The lowest BCUT2D eigenvalue weighted by molar-refractivity contribution is -0.137. The minimum Gasteiger partial charge on any atom is -0.494 e. The summed E-state index contributed by atoms with van der Waals surface area (Å²) in [5.74, 6) is 0.229. The average molecular weight is 247 g/mol. The highest BCUT2D eigenvalue weighted by Gasteiger charge is 2.36. The lowest BCUT2D eigenvalue weighted by Gasteiger charge is -2.10. The van der Waals surface area contributed by atoms with Gasteiger partial charge in [-0.05, 0) is 24.1 Å². The monoisotopic (exact) mass is 247 g/mol. The van der Waals surface area contributed by atoms with Crippen LogP contribution in [0.15, 0.2) is 24.3 Å². The molecule has 1 saturated heterocycles. The van der Waals surface area contributed by atoms with E-state index in [1.807, 2.05) is 31.2 Å². The molecule has 1 aromatic carbocycles. The van der Waals surface area contributed by atoms with E-state index in [1.165, 1.54) is 11.9 Å². The van der Waals surface area contributed by atoms with Crippen LogP contribution in [0.25, 0.3) is 0 Å². The van der Waals surface area contributed by atoms with E-state index in [4.69, 9.17) is 4.74 Å². The second kappa shape index (κ2) is 5.21. The molecule has 1 heterocycles. The molecule has 0 aliphatic carbocycles. The van der Waals surface area contributed by atoms with E-state index >= 15 is 0 Å². The number of hydrogen-bond donors (Lipinski definition) is 0. The quantitative estimate of drug-likeness (QED) is 0.764. The van der Waals surface area contributed by atoms with Crippen molar-refractivity contribution in [2.24, 2.45) is 0 Å². The molecular formula is C14H17NO3. The number of hydrogen-bond acceptors (Lipinski definition) is 3. The van der Waals surface area contributed by atoms with Crippen molar-refractivity contribution in [3.05, 3.63) is 29.8 Å². The maximum absolute atomic E-state index is 11.8. The minimum absolute atomic E-state index is 0.115. The van der Waals surface area contributed by atoms with Crippen LogP contribution in [0.2, 0.25) is 0 Å².